The molecule has 2 saturated heterocycles. The molecule has 5 nitrogen and oxygen atoms in total. The number of carbonyl (C=O) groups is 1. The number of anilines is 2. The number of nitrogen functional groups attached to an aromatic ring is 1. The summed E-state index contributed by atoms with van der Waals surface area (Å²) in [6.07, 6.45) is 8.06. The van der Waals surface area contributed by atoms with Gasteiger partial charge in [-0.05, 0) is 76.3 Å². The predicted molar refractivity (Wildman–Crippen MR) is 111 cm³/mol. The van der Waals surface area contributed by atoms with Crippen LogP contribution >= 0.6 is 0 Å². The van der Waals surface area contributed by atoms with Gasteiger partial charge in [-0.2, -0.15) is 0 Å². The van der Waals surface area contributed by atoms with Crippen LogP contribution in [0.15, 0.2) is 18.2 Å². The molecule has 0 radical (unpaired) electrons. The lowest BCUT2D eigenvalue weighted by atomic mass is 10.1. The number of hydrogen-bond donors (Lipinski definition) is 2. The minimum atomic E-state index is -0.609. The number of nitrogens with zero attached hydrogens (tertiary/aromatic N) is 2. The van der Waals surface area contributed by atoms with Crippen LogP contribution in [-0.4, -0.2) is 47.7 Å². The molecule has 2 aliphatic heterocycles. The number of aryl methyl sites for hydroxylation is 1. The van der Waals surface area contributed by atoms with Crippen molar-refractivity contribution in [2.45, 2.75) is 70.9 Å². The lowest BCUT2D eigenvalue weighted by Crippen LogP contribution is -2.39. The smallest absolute Gasteiger partial charge is 0.306 e. The number of nitrogens with two attached hydrogens (primary N) is 1. The largest absolute Gasteiger partial charge is 0.481 e. The first-order valence-electron chi connectivity index (χ1n) is 10.6. The minimum Gasteiger partial charge on any atom is -0.481 e. The zero-order valence-corrected chi connectivity index (χ0v) is 16.9. The Labute approximate surface area is 163 Å². The third-order valence-corrected chi connectivity index (χ3v) is 6.56. The van der Waals surface area contributed by atoms with Crippen molar-refractivity contribution >= 4 is 17.3 Å². The van der Waals surface area contributed by atoms with Crippen molar-refractivity contribution in [2.75, 3.05) is 30.3 Å². The summed E-state index contributed by atoms with van der Waals surface area (Å²) in [5.41, 5.74) is 9.33. The summed E-state index contributed by atoms with van der Waals surface area (Å²) in [5, 5.41) is 8.41. The first-order valence-corrected chi connectivity index (χ1v) is 10.6. The lowest BCUT2D eigenvalue weighted by Gasteiger charge is -2.28. The summed E-state index contributed by atoms with van der Waals surface area (Å²) >= 11 is 0. The van der Waals surface area contributed by atoms with E-state index < -0.39 is 5.97 Å². The first kappa shape index (κ1) is 20.0. The van der Waals surface area contributed by atoms with Crippen LogP contribution < -0.4 is 10.6 Å². The van der Waals surface area contributed by atoms with Gasteiger partial charge in [0.15, 0.2) is 0 Å². The Morgan fingerprint density at radius 1 is 1.11 bits per heavy atom. The lowest BCUT2D eigenvalue weighted by molar-refractivity contribution is -0.141. The number of carboxylic acids is 1. The zero-order valence-electron chi connectivity index (χ0n) is 16.9. The topological polar surface area (TPSA) is 69.8 Å². The normalized spacial score (nSPS) is 26.2. The maximum Gasteiger partial charge on any atom is 0.306 e. The summed E-state index contributed by atoms with van der Waals surface area (Å²) in [5.74, 6) is -0.627. The third-order valence-electron chi connectivity index (χ3n) is 6.56. The SMILES string of the molecule is Cc1cc(N2CC[C@H](N3CCC[C@@H]3C)C2)ccc1N.O=C(O)C1CCCC1. The Bertz CT molecular complexity index is 642. The molecule has 0 bridgehead atoms. The second-order valence-corrected chi connectivity index (χ2v) is 8.48. The number of benzene rings is 1. The van der Waals surface area contributed by atoms with E-state index in [-0.39, 0.29) is 5.92 Å². The maximum atomic E-state index is 10.2. The van der Waals surface area contributed by atoms with E-state index in [1.54, 1.807) is 0 Å². The summed E-state index contributed by atoms with van der Waals surface area (Å²) in [6, 6.07) is 7.95. The molecular formula is C22H35N3O2. The fourth-order valence-electron chi connectivity index (χ4n) is 4.77. The number of rotatable bonds is 3. The summed E-state index contributed by atoms with van der Waals surface area (Å²) in [7, 11) is 0. The van der Waals surface area contributed by atoms with E-state index in [0.29, 0.717) is 0 Å². The zero-order chi connectivity index (χ0) is 19.4. The highest BCUT2D eigenvalue weighted by Crippen LogP contribution is 2.29. The van der Waals surface area contributed by atoms with Gasteiger partial charge in [-0.25, -0.2) is 0 Å². The molecule has 1 aromatic carbocycles. The highest BCUT2D eigenvalue weighted by Gasteiger charge is 2.32. The molecule has 3 N–H and O–H groups in total. The van der Waals surface area contributed by atoms with E-state index >= 15 is 0 Å². The molecule has 1 aromatic rings. The molecule has 2 heterocycles. The quantitative estimate of drug-likeness (QED) is 0.787. The van der Waals surface area contributed by atoms with E-state index in [2.05, 4.69) is 35.8 Å². The van der Waals surface area contributed by atoms with Gasteiger partial charge in [0.2, 0.25) is 0 Å². The highest BCUT2D eigenvalue weighted by atomic mass is 16.4. The van der Waals surface area contributed by atoms with Crippen LogP contribution in [0, 0.1) is 12.8 Å². The van der Waals surface area contributed by atoms with Crippen LogP contribution in [0.3, 0.4) is 0 Å². The van der Waals surface area contributed by atoms with Gasteiger partial charge in [0.25, 0.3) is 0 Å². The van der Waals surface area contributed by atoms with Crippen molar-refractivity contribution in [3.8, 4) is 0 Å². The second kappa shape index (κ2) is 8.96. The summed E-state index contributed by atoms with van der Waals surface area (Å²) in [6.45, 7) is 8.11. The van der Waals surface area contributed by atoms with E-state index in [1.807, 2.05) is 6.07 Å². The van der Waals surface area contributed by atoms with Gasteiger partial charge in [0, 0.05) is 36.5 Å². The average molecular weight is 374 g/mol. The van der Waals surface area contributed by atoms with Crippen molar-refractivity contribution in [2.24, 2.45) is 5.92 Å². The van der Waals surface area contributed by atoms with Crippen molar-refractivity contribution < 1.29 is 9.90 Å². The molecule has 2 atom stereocenters. The molecular weight excluding hydrogens is 338 g/mol. The molecule has 0 aromatic heterocycles. The Morgan fingerprint density at radius 2 is 1.85 bits per heavy atom. The third kappa shape index (κ3) is 4.95. The molecule has 0 unspecified atom stereocenters. The predicted octanol–water partition coefficient (Wildman–Crippen LogP) is 3.90. The van der Waals surface area contributed by atoms with Gasteiger partial charge >= 0.3 is 5.97 Å². The van der Waals surface area contributed by atoms with Crippen LogP contribution in [-0.2, 0) is 4.79 Å². The molecule has 3 fully saturated rings. The molecule has 27 heavy (non-hydrogen) atoms. The summed E-state index contributed by atoms with van der Waals surface area (Å²) < 4.78 is 0. The molecule has 3 aliphatic rings. The van der Waals surface area contributed by atoms with Crippen molar-refractivity contribution in [1.82, 2.24) is 4.90 Å². The minimum absolute atomic E-state index is 0.0185. The molecule has 1 aliphatic carbocycles. The van der Waals surface area contributed by atoms with E-state index in [1.165, 1.54) is 50.1 Å². The maximum absolute atomic E-state index is 10.2. The summed E-state index contributed by atoms with van der Waals surface area (Å²) in [4.78, 5) is 15.4. The van der Waals surface area contributed by atoms with Crippen molar-refractivity contribution in [3.05, 3.63) is 23.8 Å². The standard InChI is InChI=1S/C16H25N3.C6H10O2/c1-12-10-14(5-6-16(12)17)18-9-7-15(11-18)19-8-3-4-13(19)2;7-6(8)5-3-1-2-4-5/h5-6,10,13,15H,3-4,7-9,11,17H2,1-2H3;5H,1-4H2,(H,7,8)/t13-,15-;/m0./s1. The van der Waals surface area contributed by atoms with E-state index in [4.69, 9.17) is 10.8 Å². The molecule has 4 rings (SSSR count). The van der Waals surface area contributed by atoms with Gasteiger partial charge in [0.05, 0.1) is 5.92 Å². The van der Waals surface area contributed by atoms with Gasteiger partial charge < -0.3 is 15.7 Å². The van der Waals surface area contributed by atoms with E-state index in [9.17, 15) is 4.79 Å². The monoisotopic (exact) mass is 373 g/mol. The molecule has 150 valence electrons. The average Bonchev–Trinajstić information content (AvgIpc) is 3.38. The van der Waals surface area contributed by atoms with Gasteiger partial charge in [0.1, 0.15) is 0 Å². The fraction of sp³-hybridized carbons (Fsp3) is 0.682. The molecule has 0 amide bonds. The van der Waals surface area contributed by atoms with Gasteiger partial charge in [-0.15, -0.1) is 0 Å². The van der Waals surface area contributed by atoms with Crippen molar-refractivity contribution in [3.63, 3.8) is 0 Å². The van der Waals surface area contributed by atoms with Crippen LogP contribution in [0.4, 0.5) is 11.4 Å². The molecule has 5 heteroatoms. The Balaban J connectivity index is 0.000000221. The van der Waals surface area contributed by atoms with Crippen LogP contribution in [0.25, 0.3) is 0 Å². The fourth-order valence-corrected chi connectivity index (χ4v) is 4.77. The van der Waals surface area contributed by atoms with E-state index in [0.717, 1.165) is 43.5 Å². The number of carboxylic acid groups (broad SMARTS) is 1. The second-order valence-electron chi connectivity index (χ2n) is 8.48. The molecule has 1 saturated carbocycles. The van der Waals surface area contributed by atoms with Gasteiger partial charge in [-0.3, -0.25) is 9.69 Å². The number of likely N-dealkylation sites (tertiary alicyclic amines) is 1. The Kier molecular flexibility index (Phi) is 6.64. The van der Waals surface area contributed by atoms with Crippen LogP contribution in [0.5, 0.6) is 0 Å². The van der Waals surface area contributed by atoms with Crippen LogP contribution in [0.1, 0.15) is 57.4 Å². The first-order chi connectivity index (χ1) is 13.0. The highest BCUT2D eigenvalue weighted by molar-refractivity contribution is 5.70. The van der Waals surface area contributed by atoms with Gasteiger partial charge in [-0.1, -0.05) is 12.8 Å². The number of hydrogen-bond acceptors (Lipinski definition) is 4. The molecule has 0 spiro atoms. The Hall–Kier alpha value is -1.75. The van der Waals surface area contributed by atoms with Crippen molar-refractivity contribution in [1.29, 1.82) is 0 Å². The van der Waals surface area contributed by atoms with Crippen LogP contribution in [0.2, 0.25) is 0 Å². The Morgan fingerprint density at radius 3 is 2.41 bits per heavy atom. The number of aliphatic carboxylic acids is 1.